The van der Waals surface area contributed by atoms with Crippen LogP contribution in [0.15, 0.2) is 30.6 Å². The van der Waals surface area contributed by atoms with E-state index in [2.05, 4.69) is 23.8 Å². The molecule has 3 aromatic rings. The Balaban J connectivity index is 1.88. The highest BCUT2D eigenvalue weighted by Crippen LogP contribution is 2.33. The number of fused-ring (bicyclic) bond motifs is 1. The van der Waals surface area contributed by atoms with Crippen molar-refractivity contribution < 1.29 is 9.47 Å². The zero-order valence-electron chi connectivity index (χ0n) is 12.2. The largest absolute Gasteiger partial charge is 0.497 e. The van der Waals surface area contributed by atoms with Gasteiger partial charge in [0.25, 0.3) is 0 Å². The molecular weight excluding hydrogens is 284 g/mol. The molecule has 0 saturated heterocycles. The van der Waals surface area contributed by atoms with Crippen LogP contribution >= 0.6 is 11.3 Å². The van der Waals surface area contributed by atoms with E-state index in [4.69, 9.17) is 9.47 Å². The van der Waals surface area contributed by atoms with Gasteiger partial charge in [-0.3, -0.25) is 0 Å². The van der Waals surface area contributed by atoms with Crippen LogP contribution in [0.3, 0.4) is 0 Å². The van der Waals surface area contributed by atoms with Gasteiger partial charge in [-0.2, -0.15) is 0 Å². The Morgan fingerprint density at radius 3 is 2.86 bits per heavy atom. The lowest BCUT2D eigenvalue weighted by molar-refractivity contribution is 0.296. The molecule has 0 N–H and O–H groups in total. The van der Waals surface area contributed by atoms with E-state index in [1.54, 1.807) is 24.8 Å². The lowest BCUT2D eigenvalue weighted by atomic mass is 10.2. The predicted octanol–water partition coefficient (Wildman–Crippen LogP) is 3.90. The highest BCUT2D eigenvalue weighted by Gasteiger charge is 2.13. The summed E-state index contributed by atoms with van der Waals surface area (Å²) in [5.41, 5.74) is 2.24. The van der Waals surface area contributed by atoms with Crippen molar-refractivity contribution >= 4 is 21.6 Å². The molecule has 0 spiro atoms. The Morgan fingerprint density at radius 1 is 1.19 bits per heavy atom. The van der Waals surface area contributed by atoms with E-state index >= 15 is 0 Å². The van der Waals surface area contributed by atoms with Crippen molar-refractivity contribution in [3.8, 4) is 11.6 Å². The Kier molecular flexibility index (Phi) is 3.75. The summed E-state index contributed by atoms with van der Waals surface area (Å²) >= 11 is 1.67. The first kappa shape index (κ1) is 13.8. The van der Waals surface area contributed by atoms with Crippen LogP contribution in [0.25, 0.3) is 10.2 Å². The normalized spacial score (nSPS) is 10.8. The van der Waals surface area contributed by atoms with Gasteiger partial charge in [-0.15, -0.1) is 11.3 Å². The number of hydrogen-bond donors (Lipinski definition) is 0. The molecule has 0 bridgehead atoms. The molecule has 0 radical (unpaired) electrons. The summed E-state index contributed by atoms with van der Waals surface area (Å²) in [6.07, 6.45) is 1.55. The summed E-state index contributed by atoms with van der Waals surface area (Å²) in [4.78, 5) is 10.8. The van der Waals surface area contributed by atoms with Gasteiger partial charge in [0.2, 0.25) is 5.88 Å². The van der Waals surface area contributed by atoms with Gasteiger partial charge in [0.1, 0.15) is 23.5 Å². The van der Waals surface area contributed by atoms with Gasteiger partial charge in [0.05, 0.1) is 12.5 Å². The highest BCUT2D eigenvalue weighted by atomic mass is 32.1. The van der Waals surface area contributed by atoms with Crippen LogP contribution in [0.2, 0.25) is 0 Å². The molecule has 0 atom stereocenters. The molecule has 2 heterocycles. The molecule has 4 nitrogen and oxygen atoms in total. The monoisotopic (exact) mass is 300 g/mol. The maximum Gasteiger partial charge on any atom is 0.225 e. The summed E-state index contributed by atoms with van der Waals surface area (Å²) < 4.78 is 11.1. The maximum absolute atomic E-state index is 5.90. The fourth-order valence-electron chi connectivity index (χ4n) is 2.17. The first-order chi connectivity index (χ1) is 10.2. The van der Waals surface area contributed by atoms with Crippen molar-refractivity contribution in [1.82, 2.24) is 9.97 Å². The van der Waals surface area contributed by atoms with E-state index < -0.39 is 0 Å². The molecule has 5 heteroatoms. The Hall–Kier alpha value is -2.14. The van der Waals surface area contributed by atoms with E-state index in [1.165, 1.54) is 10.4 Å². The number of hydrogen-bond acceptors (Lipinski definition) is 5. The average molecular weight is 300 g/mol. The second-order valence-electron chi connectivity index (χ2n) is 4.78. The smallest absolute Gasteiger partial charge is 0.225 e. The highest BCUT2D eigenvalue weighted by molar-refractivity contribution is 7.18. The third-order valence-electron chi connectivity index (χ3n) is 3.44. The van der Waals surface area contributed by atoms with Gasteiger partial charge in [-0.1, -0.05) is 12.1 Å². The Labute approximate surface area is 127 Å². The summed E-state index contributed by atoms with van der Waals surface area (Å²) in [5, 5.41) is 1.02. The summed E-state index contributed by atoms with van der Waals surface area (Å²) in [6.45, 7) is 4.63. The molecule has 0 amide bonds. The lowest BCUT2D eigenvalue weighted by Gasteiger charge is -2.08. The minimum absolute atomic E-state index is 0.456. The SMILES string of the molecule is COc1cccc(COc2ncnc3sc(C)c(C)c23)c1. The third kappa shape index (κ3) is 2.69. The zero-order valence-corrected chi connectivity index (χ0v) is 13.0. The maximum atomic E-state index is 5.90. The van der Waals surface area contributed by atoms with Gasteiger partial charge in [0, 0.05) is 4.88 Å². The molecule has 0 fully saturated rings. The first-order valence-electron chi connectivity index (χ1n) is 6.65. The molecule has 0 aliphatic carbocycles. The molecular formula is C16H16N2O2S. The van der Waals surface area contributed by atoms with Gasteiger partial charge in [-0.05, 0) is 37.1 Å². The summed E-state index contributed by atoms with van der Waals surface area (Å²) in [7, 11) is 1.66. The van der Waals surface area contributed by atoms with Crippen molar-refractivity contribution in [3.05, 3.63) is 46.6 Å². The standard InChI is InChI=1S/C16H16N2O2S/c1-10-11(2)21-16-14(10)15(17-9-18-16)20-8-12-5-4-6-13(7-12)19-3/h4-7,9H,8H2,1-3H3. The molecule has 0 aliphatic rings. The number of thiophene rings is 1. The van der Waals surface area contributed by atoms with Crippen molar-refractivity contribution in [2.75, 3.05) is 7.11 Å². The molecule has 0 unspecified atom stereocenters. The predicted molar refractivity (Wildman–Crippen MR) is 84.2 cm³/mol. The van der Waals surface area contributed by atoms with Gasteiger partial charge < -0.3 is 9.47 Å². The first-order valence-corrected chi connectivity index (χ1v) is 7.47. The minimum atomic E-state index is 0.456. The van der Waals surface area contributed by atoms with Gasteiger partial charge in [-0.25, -0.2) is 9.97 Å². The summed E-state index contributed by atoms with van der Waals surface area (Å²) in [5.74, 6) is 1.47. The van der Waals surface area contributed by atoms with E-state index in [0.717, 1.165) is 21.5 Å². The second-order valence-corrected chi connectivity index (χ2v) is 5.99. The van der Waals surface area contributed by atoms with Crippen LogP contribution in [-0.4, -0.2) is 17.1 Å². The van der Waals surface area contributed by atoms with Crippen LogP contribution in [0.5, 0.6) is 11.6 Å². The lowest BCUT2D eigenvalue weighted by Crippen LogP contribution is -1.99. The van der Waals surface area contributed by atoms with Crippen molar-refractivity contribution in [1.29, 1.82) is 0 Å². The second kappa shape index (κ2) is 5.69. The van der Waals surface area contributed by atoms with Crippen LogP contribution in [0.4, 0.5) is 0 Å². The van der Waals surface area contributed by atoms with Gasteiger partial charge >= 0.3 is 0 Å². The quantitative estimate of drug-likeness (QED) is 0.733. The Morgan fingerprint density at radius 2 is 2.05 bits per heavy atom. The summed E-state index contributed by atoms with van der Waals surface area (Å²) in [6, 6.07) is 7.84. The van der Waals surface area contributed by atoms with Crippen molar-refractivity contribution in [2.45, 2.75) is 20.5 Å². The van der Waals surface area contributed by atoms with E-state index in [9.17, 15) is 0 Å². The molecule has 21 heavy (non-hydrogen) atoms. The van der Waals surface area contributed by atoms with Crippen LogP contribution in [-0.2, 0) is 6.61 Å². The van der Waals surface area contributed by atoms with E-state index in [-0.39, 0.29) is 0 Å². The van der Waals surface area contributed by atoms with Crippen LogP contribution in [0, 0.1) is 13.8 Å². The molecule has 0 aliphatic heterocycles. The molecule has 3 rings (SSSR count). The number of ether oxygens (including phenoxy) is 2. The Bertz CT molecular complexity index is 783. The van der Waals surface area contributed by atoms with Crippen LogP contribution in [0.1, 0.15) is 16.0 Å². The minimum Gasteiger partial charge on any atom is -0.497 e. The fourth-order valence-corrected chi connectivity index (χ4v) is 3.16. The molecule has 2 aromatic heterocycles. The number of aryl methyl sites for hydroxylation is 2. The number of nitrogens with zero attached hydrogens (tertiary/aromatic N) is 2. The molecule has 1 aromatic carbocycles. The number of methoxy groups -OCH3 is 1. The zero-order chi connectivity index (χ0) is 14.8. The van der Waals surface area contributed by atoms with E-state index in [0.29, 0.717) is 12.5 Å². The number of aromatic nitrogens is 2. The van der Waals surface area contributed by atoms with Crippen molar-refractivity contribution in [2.24, 2.45) is 0 Å². The average Bonchev–Trinajstić information content (AvgIpc) is 2.81. The van der Waals surface area contributed by atoms with Crippen LogP contribution < -0.4 is 9.47 Å². The third-order valence-corrected chi connectivity index (χ3v) is 4.56. The number of benzene rings is 1. The fraction of sp³-hybridized carbons (Fsp3) is 0.250. The van der Waals surface area contributed by atoms with Gasteiger partial charge in [0.15, 0.2) is 0 Å². The number of rotatable bonds is 4. The molecule has 108 valence electrons. The van der Waals surface area contributed by atoms with E-state index in [1.807, 2.05) is 24.3 Å². The molecule has 0 saturated carbocycles. The van der Waals surface area contributed by atoms with Crippen molar-refractivity contribution in [3.63, 3.8) is 0 Å². The topological polar surface area (TPSA) is 44.2 Å².